The average Bonchev–Trinajstić information content (AvgIpc) is 2.74. The maximum atomic E-state index is 13.2. The minimum Gasteiger partial charge on any atom is -0.494 e. The molecule has 0 saturated carbocycles. The molecule has 2 heterocycles. The maximum Gasteiger partial charge on any atom is 0.327 e. The van der Waals surface area contributed by atoms with E-state index in [2.05, 4.69) is 36.1 Å². The highest BCUT2D eigenvalue weighted by atomic mass is 16.5. The van der Waals surface area contributed by atoms with E-state index in [0.717, 1.165) is 29.9 Å². The normalized spacial score (nSPS) is 19.0. The molecule has 1 aliphatic carbocycles. The summed E-state index contributed by atoms with van der Waals surface area (Å²) in [7, 11) is 0. The lowest BCUT2D eigenvalue weighted by Crippen LogP contribution is -2.38. The predicted octanol–water partition coefficient (Wildman–Crippen LogP) is 4.61. The highest BCUT2D eigenvalue weighted by Crippen LogP contribution is 2.47. The average molecular weight is 452 g/mol. The van der Waals surface area contributed by atoms with Crippen LogP contribution in [0.5, 0.6) is 5.75 Å². The molecule has 4 rings (SSSR count). The second kappa shape index (κ2) is 9.41. The van der Waals surface area contributed by atoms with Gasteiger partial charge in [-0.25, -0.2) is 4.79 Å². The van der Waals surface area contributed by atoms with E-state index in [1.165, 1.54) is 19.3 Å². The number of hydrogen-bond acceptors (Lipinski definition) is 5. The van der Waals surface area contributed by atoms with Crippen LogP contribution in [-0.4, -0.2) is 22.4 Å². The molecule has 1 aliphatic heterocycles. The van der Waals surface area contributed by atoms with Gasteiger partial charge in [-0.15, -0.1) is 0 Å². The van der Waals surface area contributed by atoms with Crippen LogP contribution in [-0.2, 0) is 4.79 Å². The number of anilines is 1. The SMILES string of the molecule is CCCCCCCOc1ccc(C2C3=C(CC(C)(C)CC3=O)Nc3[nH]c(=O)[nH]c(=O)c32)cc1. The van der Waals surface area contributed by atoms with Crippen molar-refractivity contribution in [2.75, 3.05) is 11.9 Å². The number of aromatic nitrogens is 2. The van der Waals surface area contributed by atoms with E-state index in [9.17, 15) is 14.4 Å². The van der Waals surface area contributed by atoms with Crippen LogP contribution in [0.25, 0.3) is 0 Å². The summed E-state index contributed by atoms with van der Waals surface area (Å²) in [5, 5.41) is 3.19. The first-order valence-electron chi connectivity index (χ1n) is 11.9. The quantitative estimate of drug-likeness (QED) is 0.508. The number of rotatable bonds is 8. The summed E-state index contributed by atoms with van der Waals surface area (Å²) < 4.78 is 5.89. The summed E-state index contributed by atoms with van der Waals surface area (Å²) in [6, 6.07) is 7.60. The van der Waals surface area contributed by atoms with Crippen molar-refractivity contribution in [1.29, 1.82) is 0 Å². The Morgan fingerprint density at radius 3 is 2.42 bits per heavy atom. The Bertz CT molecular complexity index is 1170. The third kappa shape index (κ3) is 4.97. The number of ketones is 1. The van der Waals surface area contributed by atoms with Gasteiger partial charge in [0.15, 0.2) is 5.78 Å². The predicted molar refractivity (Wildman–Crippen MR) is 129 cm³/mol. The monoisotopic (exact) mass is 451 g/mol. The number of hydrogen-bond donors (Lipinski definition) is 3. The molecule has 1 unspecified atom stereocenters. The topological polar surface area (TPSA) is 104 Å². The van der Waals surface area contributed by atoms with Crippen molar-refractivity contribution < 1.29 is 9.53 Å². The Labute approximate surface area is 193 Å². The zero-order valence-corrected chi connectivity index (χ0v) is 19.7. The lowest BCUT2D eigenvalue weighted by Gasteiger charge is -2.38. The molecule has 2 aromatic rings. The maximum absolute atomic E-state index is 13.2. The number of carbonyl (C=O) groups excluding carboxylic acids is 1. The van der Waals surface area contributed by atoms with Gasteiger partial charge in [-0.05, 0) is 36.0 Å². The van der Waals surface area contributed by atoms with Crippen LogP contribution in [0.3, 0.4) is 0 Å². The van der Waals surface area contributed by atoms with E-state index < -0.39 is 17.2 Å². The van der Waals surface area contributed by atoms with Gasteiger partial charge in [0.1, 0.15) is 11.6 Å². The van der Waals surface area contributed by atoms with Crippen LogP contribution in [0, 0.1) is 5.41 Å². The van der Waals surface area contributed by atoms with Gasteiger partial charge in [0.25, 0.3) is 5.56 Å². The number of ether oxygens (including phenoxy) is 1. The third-order valence-electron chi connectivity index (χ3n) is 6.48. The molecule has 0 spiro atoms. The molecule has 2 aliphatic rings. The molecule has 0 saturated heterocycles. The van der Waals surface area contributed by atoms with Crippen molar-refractivity contribution in [2.45, 2.75) is 71.6 Å². The van der Waals surface area contributed by atoms with Gasteiger partial charge in [0, 0.05) is 23.6 Å². The number of H-pyrrole nitrogens is 2. The lowest BCUT2D eigenvalue weighted by molar-refractivity contribution is -0.118. The van der Waals surface area contributed by atoms with Gasteiger partial charge in [-0.2, -0.15) is 0 Å². The van der Waals surface area contributed by atoms with E-state index in [4.69, 9.17) is 4.74 Å². The van der Waals surface area contributed by atoms with Crippen molar-refractivity contribution in [1.82, 2.24) is 9.97 Å². The first-order chi connectivity index (χ1) is 15.8. The minimum atomic E-state index is -0.571. The van der Waals surface area contributed by atoms with Crippen molar-refractivity contribution in [3.8, 4) is 5.75 Å². The Morgan fingerprint density at radius 1 is 0.970 bits per heavy atom. The van der Waals surface area contributed by atoms with Gasteiger partial charge in [0.2, 0.25) is 0 Å². The Hall–Kier alpha value is -3.09. The lowest BCUT2D eigenvalue weighted by atomic mass is 9.69. The van der Waals surface area contributed by atoms with Crippen molar-refractivity contribution >= 4 is 11.6 Å². The second-order valence-electron chi connectivity index (χ2n) is 9.92. The van der Waals surface area contributed by atoms with E-state index in [0.29, 0.717) is 36.4 Å². The zero-order chi connectivity index (χ0) is 23.6. The third-order valence-corrected chi connectivity index (χ3v) is 6.48. The first-order valence-corrected chi connectivity index (χ1v) is 11.9. The molecular formula is C26H33N3O4. The Morgan fingerprint density at radius 2 is 1.70 bits per heavy atom. The number of benzene rings is 1. The molecule has 7 nitrogen and oxygen atoms in total. The largest absolute Gasteiger partial charge is 0.494 e. The standard InChI is InChI=1S/C26H33N3O4/c1-4-5-6-7-8-13-33-17-11-9-16(10-12-17)20-21-18(14-26(2,3)15-19(21)30)27-23-22(20)24(31)29-25(32)28-23/h9-12,20H,4-8,13-15H2,1-3H3,(H3,27,28,29,31,32). The highest BCUT2D eigenvalue weighted by molar-refractivity contribution is 6.01. The van der Waals surface area contributed by atoms with Crippen LogP contribution in [0.15, 0.2) is 45.1 Å². The Balaban J connectivity index is 1.64. The van der Waals surface area contributed by atoms with E-state index in [1.54, 1.807) is 0 Å². The fraction of sp³-hybridized carbons (Fsp3) is 0.500. The minimum absolute atomic E-state index is 0.0300. The van der Waals surface area contributed by atoms with Crippen molar-refractivity contribution in [2.24, 2.45) is 5.41 Å². The van der Waals surface area contributed by atoms with E-state index >= 15 is 0 Å². The molecule has 0 radical (unpaired) electrons. The van der Waals surface area contributed by atoms with Crippen LogP contribution in [0.2, 0.25) is 0 Å². The van der Waals surface area contributed by atoms with Gasteiger partial charge in [0.05, 0.1) is 12.2 Å². The van der Waals surface area contributed by atoms with Gasteiger partial charge < -0.3 is 10.1 Å². The number of allylic oxidation sites excluding steroid dienone is 2. The van der Waals surface area contributed by atoms with Crippen LogP contribution >= 0.6 is 0 Å². The number of carbonyl (C=O) groups is 1. The van der Waals surface area contributed by atoms with Crippen LogP contribution < -0.4 is 21.3 Å². The van der Waals surface area contributed by atoms with Gasteiger partial charge >= 0.3 is 5.69 Å². The summed E-state index contributed by atoms with van der Waals surface area (Å²) in [6.07, 6.45) is 6.97. The number of unbranched alkanes of at least 4 members (excludes halogenated alkanes) is 4. The zero-order valence-electron chi connectivity index (χ0n) is 19.7. The smallest absolute Gasteiger partial charge is 0.327 e. The second-order valence-corrected chi connectivity index (χ2v) is 9.92. The fourth-order valence-corrected chi connectivity index (χ4v) is 4.93. The molecule has 33 heavy (non-hydrogen) atoms. The molecule has 176 valence electrons. The molecule has 0 fully saturated rings. The summed E-state index contributed by atoms with van der Waals surface area (Å²) in [6.45, 7) is 6.97. The first kappa shape index (κ1) is 23.1. The molecule has 3 N–H and O–H groups in total. The van der Waals surface area contributed by atoms with Gasteiger partial charge in [-0.1, -0.05) is 58.6 Å². The fourth-order valence-electron chi connectivity index (χ4n) is 4.93. The summed E-state index contributed by atoms with van der Waals surface area (Å²) in [4.78, 5) is 43.0. The van der Waals surface area contributed by atoms with Crippen LogP contribution in [0.4, 0.5) is 5.82 Å². The van der Waals surface area contributed by atoms with Gasteiger partial charge in [-0.3, -0.25) is 19.6 Å². The molecule has 1 atom stereocenters. The summed E-state index contributed by atoms with van der Waals surface area (Å²) in [5.41, 5.74) is 1.34. The molecular weight excluding hydrogens is 418 g/mol. The van der Waals surface area contributed by atoms with Crippen LogP contribution in [0.1, 0.15) is 82.8 Å². The molecule has 7 heteroatoms. The number of Topliss-reactive ketones (excluding diaryl/α,β-unsaturated/α-hetero) is 1. The van der Waals surface area contributed by atoms with E-state index in [-0.39, 0.29) is 11.2 Å². The summed E-state index contributed by atoms with van der Waals surface area (Å²) >= 11 is 0. The number of fused-ring (bicyclic) bond motifs is 1. The molecule has 0 amide bonds. The molecule has 1 aromatic carbocycles. The van der Waals surface area contributed by atoms with Crippen molar-refractivity contribution in [3.63, 3.8) is 0 Å². The van der Waals surface area contributed by atoms with E-state index in [1.807, 2.05) is 24.3 Å². The van der Waals surface area contributed by atoms with Crippen molar-refractivity contribution in [3.05, 3.63) is 67.5 Å². The summed E-state index contributed by atoms with van der Waals surface area (Å²) in [5.74, 6) is 0.625. The highest BCUT2D eigenvalue weighted by Gasteiger charge is 2.42. The Kier molecular flexibility index (Phi) is 6.58. The number of nitrogens with one attached hydrogen (secondary N) is 3. The molecule has 1 aromatic heterocycles. The number of aromatic amines is 2. The molecule has 0 bridgehead atoms.